The third-order valence-electron chi connectivity index (χ3n) is 8.58. The number of rotatable bonds is 9. The van der Waals surface area contributed by atoms with Gasteiger partial charge in [0.05, 0.1) is 22.2 Å². The summed E-state index contributed by atoms with van der Waals surface area (Å²) in [5.41, 5.74) is 2.91. The van der Waals surface area contributed by atoms with Gasteiger partial charge in [0.2, 0.25) is 0 Å². The standard InChI is InChI=1S/C31H44N4O3S2/c1-19(2)24-15-26(20(3)4)29(27(16-24)21(5)6)40(37,38)35-17-28(33-34-35)31(8,25-11-9-22(7)10-12-25)32-30(36)23-13-14-39-18-23/h13-22,25H,9-12H2,1-8H3,(H,32,36)/t22?,25?,31-/m0/s1. The number of benzene rings is 1. The molecule has 1 aromatic carbocycles. The van der Waals surface area contributed by atoms with Gasteiger partial charge >= 0.3 is 0 Å². The summed E-state index contributed by atoms with van der Waals surface area (Å²) in [5.74, 6) is 0.833. The van der Waals surface area contributed by atoms with Crippen molar-refractivity contribution in [2.24, 2.45) is 11.8 Å². The van der Waals surface area contributed by atoms with E-state index in [0.717, 1.165) is 46.5 Å². The molecule has 0 saturated heterocycles. The summed E-state index contributed by atoms with van der Waals surface area (Å²) in [6.45, 7) is 16.6. The molecule has 7 nitrogen and oxygen atoms in total. The van der Waals surface area contributed by atoms with Gasteiger partial charge in [0, 0.05) is 5.38 Å². The Balaban J connectivity index is 1.82. The molecule has 40 heavy (non-hydrogen) atoms. The highest BCUT2D eigenvalue weighted by molar-refractivity contribution is 7.90. The molecule has 1 aliphatic rings. The lowest BCUT2D eigenvalue weighted by atomic mass is 9.71. The number of thiophene rings is 1. The number of hydrogen-bond donors (Lipinski definition) is 1. The smallest absolute Gasteiger partial charge is 0.284 e. The summed E-state index contributed by atoms with van der Waals surface area (Å²) >= 11 is 1.47. The predicted octanol–water partition coefficient (Wildman–Crippen LogP) is 7.42. The molecule has 0 spiro atoms. The fourth-order valence-corrected chi connectivity index (χ4v) is 8.18. The van der Waals surface area contributed by atoms with Crippen molar-refractivity contribution >= 4 is 27.3 Å². The van der Waals surface area contributed by atoms with Crippen LogP contribution in [0.5, 0.6) is 0 Å². The average molecular weight is 585 g/mol. The van der Waals surface area contributed by atoms with E-state index in [-0.39, 0.29) is 29.6 Å². The van der Waals surface area contributed by atoms with Crippen LogP contribution in [0.15, 0.2) is 40.1 Å². The largest absolute Gasteiger partial charge is 0.341 e. The molecule has 4 rings (SSSR count). The van der Waals surface area contributed by atoms with Gasteiger partial charge < -0.3 is 5.32 Å². The summed E-state index contributed by atoms with van der Waals surface area (Å²) in [7, 11) is -4.05. The van der Waals surface area contributed by atoms with Crippen molar-refractivity contribution in [1.29, 1.82) is 0 Å². The molecular weight excluding hydrogens is 541 g/mol. The molecule has 1 atom stereocenters. The Labute approximate surface area is 243 Å². The van der Waals surface area contributed by atoms with Crippen LogP contribution in [0, 0.1) is 11.8 Å². The molecule has 1 aliphatic carbocycles. The first-order valence-electron chi connectivity index (χ1n) is 14.5. The molecule has 0 bridgehead atoms. The molecule has 2 aromatic heterocycles. The SMILES string of the molecule is CC1CCC([C@](C)(NC(=O)c2ccsc2)c2cn(S(=O)(=O)c3c(C(C)C)cc(C(C)C)cc3C(C)C)nn2)CC1. The van der Waals surface area contributed by atoms with Gasteiger partial charge in [0.1, 0.15) is 5.69 Å². The second-order valence-electron chi connectivity index (χ2n) is 12.6. The minimum absolute atomic E-state index is 0.00311. The van der Waals surface area contributed by atoms with Gasteiger partial charge in [-0.05, 0) is 77.5 Å². The van der Waals surface area contributed by atoms with Crippen LogP contribution in [-0.2, 0) is 15.6 Å². The molecule has 2 heterocycles. The van der Waals surface area contributed by atoms with Crippen molar-refractivity contribution in [3.05, 3.63) is 63.1 Å². The Kier molecular flexibility index (Phi) is 8.95. The number of aromatic nitrogens is 3. The van der Waals surface area contributed by atoms with Crippen LogP contribution >= 0.6 is 11.3 Å². The average Bonchev–Trinajstić information content (AvgIpc) is 3.61. The van der Waals surface area contributed by atoms with E-state index in [2.05, 4.69) is 36.4 Å². The maximum absolute atomic E-state index is 14.3. The van der Waals surface area contributed by atoms with Crippen LogP contribution in [0.2, 0.25) is 0 Å². The first kappa shape index (κ1) is 30.4. The Hall–Kier alpha value is -2.52. The van der Waals surface area contributed by atoms with E-state index in [1.807, 2.05) is 57.5 Å². The van der Waals surface area contributed by atoms with Gasteiger partial charge in [-0.3, -0.25) is 4.79 Å². The lowest BCUT2D eigenvalue weighted by molar-refractivity contribution is 0.0813. The van der Waals surface area contributed by atoms with E-state index in [1.165, 1.54) is 17.5 Å². The molecule has 1 fully saturated rings. The first-order chi connectivity index (χ1) is 18.8. The zero-order valence-electron chi connectivity index (χ0n) is 25.1. The van der Waals surface area contributed by atoms with Crippen molar-refractivity contribution in [2.45, 2.75) is 109 Å². The van der Waals surface area contributed by atoms with Crippen molar-refractivity contribution in [3.8, 4) is 0 Å². The zero-order chi connectivity index (χ0) is 29.4. The molecule has 1 saturated carbocycles. The third kappa shape index (κ3) is 5.91. The number of carbonyl (C=O) groups excluding carboxylic acids is 1. The zero-order valence-corrected chi connectivity index (χ0v) is 26.7. The highest BCUT2D eigenvalue weighted by Crippen LogP contribution is 2.41. The molecule has 0 aliphatic heterocycles. The topological polar surface area (TPSA) is 94.0 Å². The second kappa shape index (κ2) is 11.8. The van der Waals surface area contributed by atoms with E-state index >= 15 is 0 Å². The van der Waals surface area contributed by atoms with Crippen LogP contribution in [0.1, 0.15) is 132 Å². The first-order valence-corrected chi connectivity index (χ1v) is 16.8. The molecule has 0 radical (unpaired) electrons. The number of nitrogens with one attached hydrogen (secondary N) is 1. The number of nitrogens with zero attached hydrogens (tertiary/aromatic N) is 3. The lowest BCUT2D eigenvalue weighted by Crippen LogP contribution is -2.50. The molecule has 0 unspecified atom stereocenters. The Bertz CT molecular complexity index is 1400. The molecule has 9 heteroatoms. The molecular formula is C31H44N4O3S2. The van der Waals surface area contributed by atoms with Crippen molar-refractivity contribution < 1.29 is 13.2 Å². The summed E-state index contributed by atoms with van der Waals surface area (Å²) < 4.78 is 29.6. The van der Waals surface area contributed by atoms with Crippen LogP contribution < -0.4 is 5.32 Å². The number of carbonyl (C=O) groups is 1. The van der Waals surface area contributed by atoms with Crippen LogP contribution in [0.25, 0.3) is 0 Å². The van der Waals surface area contributed by atoms with Gasteiger partial charge in [-0.25, -0.2) is 0 Å². The van der Waals surface area contributed by atoms with Crippen LogP contribution in [0.4, 0.5) is 0 Å². The lowest BCUT2D eigenvalue weighted by Gasteiger charge is -2.40. The Morgan fingerprint density at radius 2 is 1.62 bits per heavy atom. The van der Waals surface area contributed by atoms with Gasteiger partial charge in [-0.15, -0.1) is 9.19 Å². The fraction of sp³-hybridized carbons (Fsp3) is 0.581. The van der Waals surface area contributed by atoms with E-state index in [4.69, 9.17) is 0 Å². The highest BCUT2D eigenvalue weighted by Gasteiger charge is 2.42. The van der Waals surface area contributed by atoms with E-state index in [9.17, 15) is 13.2 Å². The van der Waals surface area contributed by atoms with Gasteiger partial charge in [-0.2, -0.15) is 19.8 Å². The summed E-state index contributed by atoms with van der Waals surface area (Å²) in [6.07, 6.45) is 5.48. The predicted molar refractivity (Wildman–Crippen MR) is 162 cm³/mol. The van der Waals surface area contributed by atoms with E-state index < -0.39 is 15.6 Å². The van der Waals surface area contributed by atoms with Crippen LogP contribution in [0.3, 0.4) is 0 Å². The summed E-state index contributed by atoms with van der Waals surface area (Å²) in [6, 6.07) is 5.85. The molecule has 1 amide bonds. The quantitative estimate of drug-likeness (QED) is 0.282. The third-order valence-corrected chi connectivity index (χ3v) is 10.9. The Morgan fingerprint density at radius 3 is 2.12 bits per heavy atom. The van der Waals surface area contributed by atoms with Gasteiger partial charge in [-0.1, -0.05) is 78.7 Å². The van der Waals surface area contributed by atoms with Crippen molar-refractivity contribution in [2.75, 3.05) is 0 Å². The summed E-state index contributed by atoms with van der Waals surface area (Å²) in [4.78, 5) is 13.6. The minimum atomic E-state index is -4.05. The molecule has 1 N–H and O–H groups in total. The molecule has 218 valence electrons. The number of amides is 1. The van der Waals surface area contributed by atoms with E-state index in [0.29, 0.717) is 22.1 Å². The van der Waals surface area contributed by atoms with Gasteiger partial charge in [0.15, 0.2) is 0 Å². The summed E-state index contributed by atoms with van der Waals surface area (Å²) in [5, 5.41) is 15.6. The number of hydrogen-bond acceptors (Lipinski definition) is 6. The fourth-order valence-electron chi connectivity index (χ4n) is 5.80. The van der Waals surface area contributed by atoms with Gasteiger partial charge in [0.25, 0.3) is 15.9 Å². The molecule has 3 aromatic rings. The van der Waals surface area contributed by atoms with Crippen LogP contribution in [-0.4, -0.2) is 28.7 Å². The highest BCUT2D eigenvalue weighted by atomic mass is 32.2. The van der Waals surface area contributed by atoms with E-state index in [1.54, 1.807) is 6.07 Å². The monoisotopic (exact) mass is 584 g/mol. The van der Waals surface area contributed by atoms with Crippen molar-refractivity contribution in [3.63, 3.8) is 0 Å². The van der Waals surface area contributed by atoms with Crippen molar-refractivity contribution in [1.82, 2.24) is 19.7 Å². The normalized spacial score (nSPS) is 19.8. The maximum atomic E-state index is 14.3. The maximum Gasteiger partial charge on any atom is 0.284 e. The Morgan fingerprint density at radius 1 is 1.02 bits per heavy atom. The minimum Gasteiger partial charge on any atom is -0.341 e. The second-order valence-corrected chi connectivity index (χ2v) is 15.1.